The normalized spacial score (nSPS) is 18.0. The molecule has 118 valence electrons. The molecule has 1 unspecified atom stereocenters. The van der Waals surface area contributed by atoms with Gasteiger partial charge in [0.05, 0.1) is 10.0 Å². The van der Waals surface area contributed by atoms with Crippen LogP contribution in [0, 0.1) is 0 Å². The summed E-state index contributed by atoms with van der Waals surface area (Å²) in [5.41, 5.74) is 0.987. The zero-order valence-corrected chi connectivity index (χ0v) is 14.9. The topological polar surface area (TPSA) is 32.3 Å². The molecule has 0 bridgehead atoms. The fraction of sp³-hybridized carbons (Fsp3) is 0.500. The molecule has 0 aromatic heterocycles. The number of amides is 1. The van der Waals surface area contributed by atoms with Crippen molar-refractivity contribution < 1.29 is 4.79 Å². The van der Waals surface area contributed by atoms with Crippen LogP contribution in [0.4, 0.5) is 0 Å². The first-order valence-electron chi connectivity index (χ1n) is 6.55. The number of benzene rings is 1. The highest BCUT2D eigenvalue weighted by Gasteiger charge is 2.19. The van der Waals surface area contributed by atoms with E-state index in [9.17, 15) is 4.79 Å². The van der Waals surface area contributed by atoms with Gasteiger partial charge in [0.2, 0.25) is 5.91 Å². The van der Waals surface area contributed by atoms with E-state index in [1.165, 1.54) is 0 Å². The van der Waals surface area contributed by atoms with Crippen LogP contribution in [0.2, 0.25) is 10.0 Å². The second-order valence-corrected chi connectivity index (χ2v) is 6.89. The van der Waals surface area contributed by atoms with Gasteiger partial charge >= 0.3 is 0 Å². The van der Waals surface area contributed by atoms with Gasteiger partial charge in [-0.2, -0.15) is 11.8 Å². The number of nitrogens with one attached hydrogen (secondary N) is 1. The second-order valence-electron chi connectivity index (χ2n) is 4.93. The summed E-state index contributed by atoms with van der Waals surface area (Å²) in [4.78, 5) is 13.9. The van der Waals surface area contributed by atoms with E-state index in [-0.39, 0.29) is 24.4 Å². The van der Waals surface area contributed by atoms with Crippen LogP contribution in [0.3, 0.4) is 0 Å². The van der Waals surface area contributed by atoms with Gasteiger partial charge in [0.15, 0.2) is 0 Å². The molecule has 1 aromatic carbocycles. The molecule has 1 aliphatic heterocycles. The van der Waals surface area contributed by atoms with Gasteiger partial charge in [0.25, 0.3) is 0 Å². The van der Waals surface area contributed by atoms with Crippen molar-refractivity contribution in [2.75, 3.05) is 25.1 Å². The van der Waals surface area contributed by atoms with Crippen LogP contribution in [-0.4, -0.2) is 41.9 Å². The van der Waals surface area contributed by atoms with Crippen LogP contribution in [0.5, 0.6) is 0 Å². The maximum Gasteiger partial charge on any atom is 0.224 e. The molecule has 1 saturated heterocycles. The summed E-state index contributed by atoms with van der Waals surface area (Å²) in [6.07, 6.45) is 0.546. The van der Waals surface area contributed by atoms with Crippen molar-refractivity contribution in [1.29, 1.82) is 0 Å². The fourth-order valence-corrected chi connectivity index (χ4v) is 3.39. The average molecular weight is 370 g/mol. The van der Waals surface area contributed by atoms with Crippen LogP contribution in [-0.2, 0) is 11.3 Å². The van der Waals surface area contributed by atoms with Crippen LogP contribution in [0.1, 0.15) is 12.0 Å². The maximum atomic E-state index is 12.2. The Labute approximate surface area is 146 Å². The highest BCUT2D eigenvalue weighted by Crippen LogP contribution is 2.23. The first kappa shape index (κ1) is 18.9. The number of hydrogen-bond donors (Lipinski definition) is 1. The quantitative estimate of drug-likeness (QED) is 0.882. The Hall–Kier alpha value is -0.130. The minimum Gasteiger partial charge on any atom is -0.341 e. The zero-order valence-electron chi connectivity index (χ0n) is 11.8. The van der Waals surface area contributed by atoms with Crippen LogP contribution < -0.4 is 5.32 Å². The van der Waals surface area contributed by atoms with Gasteiger partial charge in [-0.15, -0.1) is 12.4 Å². The van der Waals surface area contributed by atoms with E-state index in [1.807, 2.05) is 30.9 Å². The lowest BCUT2D eigenvalue weighted by Crippen LogP contribution is -2.41. The van der Waals surface area contributed by atoms with Gasteiger partial charge in [0.1, 0.15) is 0 Å². The Morgan fingerprint density at radius 1 is 1.43 bits per heavy atom. The largest absolute Gasteiger partial charge is 0.341 e. The molecular weight excluding hydrogens is 351 g/mol. The predicted octanol–water partition coefficient (Wildman–Crippen LogP) is 3.47. The zero-order chi connectivity index (χ0) is 14.5. The van der Waals surface area contributed by atoms with Crippen molar-refractivity contribution in [2.45, 2.75) is 19.0 Å². The smallest absolute Gasteiger partial charge is 0.224 e. The molecule has 0 aliphatic carbocycles. The van der Waals surface area contributed by atoms with E-state index in [0.29, 0.717) is 23.0 Å². The molecule has 0 spiro atoms. The summed E-state index contributed by atoms with van der Waals surface area (Å²) in [7, 11) is 1.82. The molecule has 21 heavy (non-hydrogen) atoms. The van der Waals surface area contributed by atoms with Gasteiger partial charge in [-0.3, -0.25) is 4.79 Å². The Morgan fingerprint density at radius 2 is 2.19 bits per heavy atom. The van der Waals surface area contributed by atoms with Crippen LogP contribution >= 0.6 is 47.4 Å². The third kappa shape index (κ3) is 5.87. The standard InChI is InChI=1S/C14H18Cl2N2OS.ClH/c1-18(8-10-2-3-12(15)13(16)6-10)14(19)7-11-9-20-5-4-17-11;/h2-3,6,11,17H,4-5,7-9H2,1H3;1H. The number of thioether (sulfide) groups is 1. The minimum atomic E-state index is 0. The third-order valence-corrected chi connectivity index (χ3v) is 5.12. The van der Waals surface area contributed by atoms with Crippen molar-refractivity contribution in [3.05, 3.63) is 33.8 Å². The molecule has 1 heterocycles. The summed E-state index contributed by atoms with van der Waals surface area (Å²) < 4.78 is 0. The molecule has 7 heteroatoms. The van der Waals surface area contributed by atoms with E-state index >= 15 is 0 Å². The molecule has 0 saturated carbocycles. The number of hydrogen-bond acceptors (Lipinski definition) is 3. The molecule has 2 rings (SSSR count). The fourth-order valence-electron chi connectivity index (χ4n) is 2.12. The van der Waals surface area contributed by atoms with E-state index in [2.05, 4.69) is 5.32 Å². The first-order chi connectivity index (χ1) is 9.56. The van der Waals surface area contributed by atoms with Crippen molar-refractivity contribution in [3.8, 4) is 0 Å². The molecule has 1 fully saturated rings. The van der Waals surface area contributed by atoms with E-state index in [1.54, 1.807) is 11.0 Å². The van der Waals surface area contributed by atoms with E-state index < -0.39 is 0 Å². The molecule has 0 radical (unpaired) electrons. The number of rotatable bonds is 4. The summed E-state index contributed by atoms with van der Waals surface area (Å²) in [5.74, 6) is 2.28. The minimum absolute atomic E-state index is 0. The van der Waals surface area contributed by atoms with Crippen molar-refractivity contribution >= 4 is 53.3 Å². The molecule has 1 N–H and O–H groups in total. The van der Waals surface area contributed by atoms with Gasteiger partial charge in [-0.25, -0.2) is 0 Å². The first-order valence-corrected chi connectivity index (χ1v) is 8.46. The Bertz CT molecular complexity index is 481. The summed E-state index contributed by atoms with van der Waals surface area (Å²) in [6, 6.07) is 5.75. The molecule has 1 atom stereocenters. The van der Waals surface area contributed by atoms with Crippen molar-refractivity contribution in [2.24, 2.45) is 0 Å². The summed E-state index contributed by atoms with van der Waals surface area (Å²) >= 11 is 13.8. The highest BCUT2D eigenvalue weighted by molar-refractivity contribution is 7.99. The average Bonchev–Trinajstić information content (AvgIpc) is 2.44. The van der Waals surface area contributed by atoms with Gasteiger partial charge < -0.3 is 10.2 Å². The van der Waals surface area contributed by atoms with Gasteiger partial charge in [-0.05, 0) is 17.7 Å². The lowest BCUT2D eigenvalue weighted by Gasteiger charge is -2.25. The summed E-state index contributed by atoms with van der Waals surface area (Å²) in [5, 5.41) is 4.44. The van der Waals surface area contributed by atoms with Gasteiger partial charge in [0, 0.05) is 44.1 Å². The molecule has 3 nitrogen and oxygen atoms in total. The number of carbonyl (C=O) groups excluding carboxylic acids is 1. The maximum absolute atomic E-state index is 12.2. The van der Waals surface area contributed by atoms with Crippen LogP contribution in [0.15, 0.2) is 18.2 Å². The molecule has 1 aliphatic rings. The lowest BCUT2D eigenvalue weighted by atomic mass is 10.2. The number of carbonyl (C=O) groups is 1. The Kier molecular flexibility index (Phi) is 8.21. The van der Waals surface area contributed by atoms with E-state index in [0.717, 1.165) is 23.6 Å². The highest BCUT2D eigenvalue weighted by atomic mass is 35.5. The number of nitrogens with zero attached hydrogens (tertiary/aromatic N) is 1. The monoisotopic (exact) mass is 368 g/mol. The summed E-state index contributed by atoms with van der Waals surface area (Å²) in [6.45, 7) is 1.54. The Balaban J connectivity index is 0.00000220. The molecule has 1 amide bonds. The lowest BCUT2D eigenvalue weighted by molar-refractivity contribution is -0.130. The van der Waals surface area contributed by atoms with E-state index in [4.69, 9.17) is 23.2 Å². The SMILES string of the molecule is CN(Cc1ccc(Cl)c(Cl)c1)C(=O)CC1CSCCN1.Cl. The van der Waals surface area contributed by atoms with Crippen molar-refractivity contribution in [3.63, 3.8) is 0 Å². The molecular formula is C14H19Cl3N2OS. The predicted molar refractivity (Wildman–Crippen MR) is 93.9 cm³/mol. The van der Waals surface area contributed by atoms with Crippen molar-refractivity contribution in [1.82, 2.24) is 10.2 Å². The molecule has 1 aromatic rings. The third-order valence-electron chi connectivity index (χ3n) is 3.25. The second kappa shape index (κ2) is 9.11. The number of halogens is 3. The Morgan fingerprint density at radius 3 is 2.81 bits per heavy atom. The van der Waals surface area contributed by atoms with Crippen LogP contribution in [0.25, 0.3) is 0 Å². The van der Waals surface area contributed by atoms with Gasteiger partial charge in [-0.1, -0.05) is 29.3 Å².